The molecule has 0 aliphatic rings. The summed E-state index contributed by atoms with van der Waals surface area (Å²) in [5.41, 5.74) is 5.26. The second-order valence-corrected chi connectivity index (χ2v) is 4.93. The van der Waals surface area contributed by atoms with E-state index in [0.29, 0.717) is 28.2 Å². The minimum Gasteiger partial charge on any atom is -0.372 e. The molecule has 0 aliphatic heterocycles. The average Bonchev–Trinajstić information content (AvgIpc) is 2.34. The van der Waals surface area contributed by atoms with Crippen molar-refractivity contribution in [3.63, 3.8) is 0 Å². The highest BCUT2D eigenvalue weighted by molar-refractivity contribution is 6.37. The van der Waals surface area contributed by atoms with Gasteiger partial charge in [0.2, 0.25) is 5.91 Å². The van der Waals surface area contributed by atoms with Gasteiger partial charge in [-0.05, 0) is 12.5 Å². The van der Waals surface area contributed by atoms with Crippen molar-refractivity contribution in [3.05, 3.63) is 16.1 Å². The van der Waals surface area contributed by atoms with Crippen molar-refractivity contribution >= 4 is 40.7 Å². The first kappa shape index (κ1) is 15.9. The summed E-state index contributed by atoms with van der Waals surface area (Å²) in [5, 5.41) is 3.72. The van der Waals surface area contributed by atoms with E-state index < -0.39 is 5.91 Å². The van der Waals surface area contributed by atoms with Gasteiger partial charge in [-0.1, -0.05) is 36.5 Å². The van der Waals surface area contributed by atoms with E-state index in [2.05, 4.69) is 17.2 Å². The molecule has 7 heteroatoms. The number of hydrogen-bond donors (Lipinski definition) is 2. The molecule has 0 atom stereocenters. The van der Waals surface area contributed by atoms with E-state index in [4.69, 9.17) is 28.9 Å². The first-order valence-corrected chi connectivity index (χ1v) is 6.82. The number of rotatable bonds is 7. The van der Waals surface area contributed by atoms with Crippen LogP contribution in [0.5, 0.6) is 0 Å². The standard InChI is InChI=1S/C12H18Cl2N4O/c1-3-4-5-18(7-10(15)19)12-9(14)6-8(13)11(16-2)17-12/h6H,3-5,7H2,1-2H3,(H2,15,19)(H,16,17). The van der Waals surface area contributed by atoms with Gasteiger partial charge < -0.3 is 16.0 Å². The van der Waals surface area contributed by atoms with Gasteiger partial charge in [0.1, 0.15) is 11.6 Å². The van der Waals surface area contributed by atoms with Crippen LogP contribution in [0.15, 0.2) is 6.07 Å². The fraction of sp³-hybridized carbons (Fsp3) is 0.500. The third-order valence-electron chi connectivity index (χ3n) is 2.58. The molecule has 1 amide bonds. The Bertz CT molecular complexity index is 454. The largest absolute Gasteiger partial charge is 0.372 e. The van der Waals surface area contributed by atoms with Crippen LogP contribution in [0.25, 0.3) is 0 Å². The molecule has 0 spiro atoms. The summed E-state index contributed by atoms with van der Waals surface area (Å²) in [6, 6.07) is 1.61. The fourth-order valence-electron chi connectivity index (χ4n) is 1.65. The number of unbranched alkanes of at least 4 members (excludes halogenated alkanes) is 1. The maximum atomic E-state index is 11.1. The highest BCUT2D eigenvalue weighted by Gasteiger charge is 2.16. The van der Waals surface area contributed by atoms with Crippen LogP contribution in [-0.4, -0.2) is 31.0 Å². The maximum absolute atomic E-state index is 11.1. The molecule has 0 fully saturated rings. The van der Waals surface area contributed by atoms with Gasteiger partial charge in [-0.15, -0.1) is 0 Å². The molecule has 1 aromatic rings. The number of pyridine rings is 1. The smallest absolute Gasteiger partial charge is 0.236 e. The van der Waals surface area contributed by atoms with Gasteiger partial charge in [-0.3, -0.25) is 4.79 Å². The van der Waals surface area contributed by atoms with E-state index >= 15 is 0 Å². The number of halogens is 2. The van der Waals surface area contributed by atoms with Crippen LogP contribution in [0.4, 0.5) is 11.6 Å². The van der Waals surface area contributed by atoms with Gasteiger partial charge in [0.15, 0.2) is 0 Å². The third-order valence-corrected chi connectivity index (χ3v) is 3.14. The molecule has 1 aromatic heterocycles. The first-order valence-electron chi connectivity index (χ1n) is 6.06. The summed E-state index contributed by atoms with van der Waals surface area (Å²) in [4.78, 5) is 17.3. The van der Waals surface area contributed by atoms with Crippen molar-refractivity contribution in [3.8, 4) is 0 Å². The molecule has 0 unspecified atom stereocenters. The number of nitrogens with two attached hydrogens (primary N) is 1. The van der Waals surface area contributed by atoms with Crippen molar-refractivity contribution < 1.29 is 4.79 Å². The van der Waals surface area contributed by atoms with E-state index in [1.54, 1.807) is 18.0 Å². The summed E-state index contributed by atoms with van der Waals surface area (Å²) in [7, 11) is 1.72. The number of carbonyl (C=O) groups is 1. The van der Waals surface area contributed by atoms with Gasteiger partial charge in [0.25, 0.3) is 0 Å². The van der Waals surface area contributed by atoms with E-state index in [0.717, 1.165) is 12.8 Å². The van der Waals surface area contributed by atoms with Crippen LogP contribution < -0.4 is 16.0 Å². The Labute approximate surface area is 123 Å². The lowest BCUT2D eigenvalue weighted by Gasteiger charge is -2.23. The second-order valence-electron chi connectivity index (χ2n) is 4.12. The van der Waals surface area contributed by atoms with Crippen molar-refractivity contribution in [2.24, 2.45) is 5.73 Å². The quantitative estimate of drug-likeness (QED) is 0.812. The molecule has 5 nitrogen and oxygen atoms in total. The molecule has 0 aromatic carbocycles. The van der Waals surface area contributed by atoms with E-state index in [9.17, 15) is 4.79 Å². The molecule has 1 heterocycles. The number of hydrogen-bond acceptors (Lipinski definition) is 4. The van der Waals surface area contributed by atoms with E-state index in [1.165, 1.54) is 0 Å². The lowest BCUT2D eigenvalue weighted by Crippen LogP contribution is -2.35. The number of anilines is 2. The molecule has 0 bridgehead atoms. The number of nitrogens with one attached hydrogen (secondary N) is 1. The van der Waals surface area contributed by atoms with Crippen LogP contribution in [0.2, 0.25) is 10.0 Å². The first-order chi connectivity index (χ1) is 8.99. The van der Waals surface area contributed by atoms with E-state index in [-0.39, 0.29) is 6.54 Å². The van der Waals surface area contributed by atoms with Gasteiger partial charge in [-0.25, -0.2) is 4.98 Å². The number of nitrogens with zero attached hydrogens (tertiary/aromatic N) is 2. The van der Waals surface area contributed by atoms with Gasteiger partial charge in [-0.2, -0.15) is 0 Å². The molecular weight excluding hydrogens is 287 g/mol. The minimum absolute atomic E-state index is 0.0809. The molecule has 0 saturated carbocycles. The monoisotopic (exact) mass is 304 g/mol. The molecule has 0 radical (unpaired) electrons. The normalized spacial score (nSPS) is 10.3. The van der Waals surface area contributed by atoms with Crippen LogP contribution in [0, 0.1) is 0 Å². The van der Waals surface area contributed by atoms with Crippen LogP contribution in [-0.2, 0) is 4.79 Å². The lowest BCUT2D eigenvalue weighted by atomic mass is 10.3. The minimum atomic E-state index is -0.421. The van der Waals surface area contributed by atoms with Crippen LogP contribution in [0.3, 0.4) is 0 Å². The zero-order valence-corrected chi connectivity index (χ0v) is 12.6. The number of aromatic nitrogens is 1. The van der Waals surface area contributed by atoms with E-state index in [1.807, 2.05) is 0 Å². The average molecular weight is 305 g/mol. The summed E-state index contributed by atoms with van der Waals surface area (Å²) in [6.45, 7) is 2.81. The number of amides is 1. The predicted octanol–water partition coefficient (Wildman–Crippen LogP) is 2.52. The van der Waals surface area contributed by atoms with Crippen molar-refractivity contribution in [2.45, 2.75) is 19.8 Å². The Hall–Kier alpha value is -1.20. The molecule has 19 heavy (non-hydrogen) atoms. The number of carbonyl (C=O) groups excluding carboxylic acids is 1. The maximum Gasteiger partial charge on any atom is 0.236 e. The molecule has 0 aliphatic carbocycles. The third kappa shape index (κ3) is 4.44. The van der Waals surface area contributed by atoms with Gasteiger partial charge >= 0.3 is 0 Å². The summed E-state index contributed by atoms with van der Waals surface area (Å²) >= 11 is 12.1. The molecule has 0 saturated heterocycles. The molecule has 1 rings (SSSR count). The van der Waals surface area contributed by atoms with Crippen molar-refractivity contribution in [2.75, 3.05) is 30.4 Å². The highest BCUT2D eigenvalue weighted by atomic mass is 35.5. The summed E-state index contributed by atoms with van der Waals surface area (Å²) in [6.07, 6.45) is 1.92. The Kier molecular flexibility index (Phi) is 6.18. The zero-order chi connectivity index (χ0) is 14.4. The summed E-state index contributed by atoms with van der Waals surface area (Å²) < 4.78 is 0. The summed E-state index contributed by atoms with van der Waals surface area (Å²) in [5.74, 6) is 0.615. The Morgan fingerprint density at radius 1 is 1.47 bits per heavy atom. The lowest BCUT2D eigenvalue weighted by molar-refractivity contribution is -0.116. The van der Waals surface area contributed by atoms with Crippen molar-refractivity contribution in [1.82, 2.24) is 4.98 Å². The Balaban J connectivity index is 3.09. The number of primary amides is 1. The Morgan fingerprint density at radius 2 is 2.16 bits per heavy atom. The SMILES string of the molecule is CCCCN(CC(N)=O)c1nc(NC)c(Cl)cc1Cl. The fourth-order valence-corrected chi connectivity index (χ4v) is 2.22. The molecular formula is C12H18Cl2N4O. The predicted molar refractivity (Wildman–Crippen MR) is 80.1 cm³/mol. The van der Waals surface area contributed by atoms with Gasteiger partial charge in [0, 0.05) is 13.6 Å². The zero-order valence-electron chi connectivity index (χ0n) is 11.0. The van der Waals surface area contributed by atoms with Crippen LogP contribution in [0.1, 0.15) is 19.8 Å². The van der Waals surface area contributed by atoms with Crippen molar-refractivity contribution in [1.29, 1.82) is 0 Å². The Morgan fingerprint density at radius 3 is 2.68 bits per heavy atom. The van der Waals surface area contributed by atoms with Gasteiger partial charge in [0.05, 0.1) is 16.6 Å². The second kappa shape index (κ2) is 7.40. The highest BCUT2D eigenvalue weighted by Crippen LogP contribution is 2.31. The molecule has 3 N–H and O–H groups in total. The molecule has 106 valence electrons. The topological polar surface area (TPSA) is 71.2 Å². The van der Waals surface area contributed by atoms with Crippen LogP contribution >= 0.6 is 23.2 Å².